The van der Waals surface area contributed by atoms with Gasteiger partial charge in [-0.25, -0.2) is 0 Å². The lowest BCUT2D eigenvalue weighted by Gasteiger charge is -2.27. The summed E-state index contributed by atoms with van der Waals surface area (Å²) in [7, 11) is 1.66. The van der Waals surface area contributed by atoms with E-state index in [1.807, 2.05) is 0 Å². The van der Waals surface area contributed by atoms with Crippen molar-refractivity contribution < 1.29 is 9.59 Å². The van der Waals surface area contributed by atoms with Gasteiger partial charge in [0, 0.05) is 26.3 Å². The summed E-state index contributed by atoms with van der Waals surface area (Å²) >= 11 is 1.68. The van der Waals surface area contributed by atoms with Crippen LogP contribution in [0.25, 0.3) is 11.1 Å². The molecule has 1 N–H and O–H groups in total. The van der Waals surface area contributed by atoms with Gasteiger partial charge in [-0.1, -0.05) is 30.3 Å². The van der Waals surface area contributed by atoms with E-state index in [-0.39, 0.29) is 11.8 Å². The molecule has 0 saturated carbocycles. The number of carbonyl (C=O) groups is 2. The number of hydrogen-bond donors (Lipinski definition) is 1. The number of amides is 2. The maximum Gasteiger partial charge on any atom is 0.272 e. The van der Waals surface area contributed by atoms with Crippen LogP contribution in [0.5, 0.6) is 0 Å². The molecule has 2 amide bonds. The number of aromatic nitrogens is 1. The van der Waals surface area contributed by atoms with Crippen molar-refractivity contribution in [1.29, 1.82) is 0 Å². The first-order valence-corrected chi connectivity index (χ1v) is 10.6. The summed E-state index contributed by atoms with van der Waals surface area (Å²) in [5.41, 5.74) is 3.27. The number of benzene rings is 1. The molecule has 1 aliphatic rings. The highest BCUT2D eigenvalue weighted by Gasteiger charge is 2.45. The van der Waals surface area contributed by atoms with Gasteiger partial charge in [0.1, 0.15) is 5.69 Å². The fourth-order valence-electron chi connectivity index (χ4n) is 4.01. The Labute approximate surface area is 174 Å². The molecule has 1 atom stereocenters. The molecule has 0 radical (unpaired) electrons. The van der Waals surface area contributed by atoms with Crippen molar-refractivity contribution in [2.45, 2.75) is 12.8 Å². The molecule has 0 aliphatic carbocycles. The monoisotopic (exact) mass is 405 g/mol. The number of thiophene rings is 1. The van der Waals surface area contributed by atoms with E-state index in [9.17, 15) is 9.59 Å². The van der Waals surface area contributed by atoms with Gasteiger partial charge < -0.3 is 10.2 Å². The van der Waals surface area contributed by atoms with E-state index < -0.39 is 5.41 Å². The minimum atomic E-state index is -0.622. The highest BCUT2D eigenvalue weighted by Crippen LogP contribution is 2.36. The summed E-state index contributed by atoms with van der Waals surface area (Å²) in [6.07, 6.45) is 2.85. The largest absolute Gasteiger partial charge is 0.359 e. The maximum absolute atomic E-state index is 12.8. The van der Waals surface area contributed by atoms with Gasteiger partial charge in [-0.05, 0) is 58.5 Å². The Bertz CT molecular complexity index is 987. The highest BCUT2D eigenvalue weighted by atomic mass is 32.1. The molecule has 5 nitrogen and oxygen atoms in total. The van der Waals surface area contributed by atoms with E-state index in [1.54, 1.807) is 47.7 Å². The van der Waals surface area contributed by atoms with E-state index in [0.29, 0.717) is 31.6 Å². The normalized spacial score (nSPS) is 18.6. The zero-order valence-electron chi connectivity index (χ0n) is 16.3. The van der Waals surface area contributed by atoms with Crippen LogP contribution in [-0.4, -0.2) is 41.8 Å². The van der Waals surface area contributed by atoms with Crippen LogP contribution in [0.15, 0.2) is 65.5 Å². The fraction of sp³-hybridized carbons (Fsp3) is 0.261. The third kappa shape index (κ3) is 3.93. The van der Waals surface area contributed by atoms with Crippen LogP contribution >= 0.6 is 11.3 Å². The van der Waals surface area contributed by atoms with Crippen molar-refractivity contribution in [2.75, 3.05) is 20.1 Å². The van der Waals surface area contributed by atoms with Crippen LogP contribution in [0.2, 0.25) is 0 Å². The van der Waals surface area contributed by atoms with Crippen molar-refractivity contribution in [3.63, 3.8) is 0 Å². The molecule has 6 heteroatoms. The summed E-state index contributed by atoms with van der Waals surface area (Å²) in [6, 6.07) is 15.8. The Morgan fingerprint density at radius 2 is 1.97 bits per heavy atom. The summed E-state index contributed by atoms with van der Waals surface area (Å²) in [5, 5.41) is 7.00. The van der Waals surface area contributed by atoms with Gasteiger partial charge in [0.2, 0.25) is 5.91 Å². The number of carbonyl (C=O) groups excluding carboxylic acids is 2. The van der Waals surface area contributed by atoms with Crippen LogP contribution in [0.4, 0.5) is 0 Å². The molecule has 1 aromatic carbocycles. The third-order valence-corrected chi connectivity index (χ3v) is 6.27. The minimum Gasteiger partial charge on any atom is -0.359 e. The molecule has 2 aromatic heterocycles. The summed E-state index contributed by atoms with van der Waals surface area (Å²) in [4.78, 5) is 31.6. The molecular formula is C23H23N3O2S. The Morgan fingerprint density at radius 3 is 2.62 bits per heavy atom. The van der Waals surface area contributed by atoms with E-state index in [1.165, 1.54) is 11.1 Å². The van der Waals surface area contributed by atoms with E-state index in [4.69, 9.17) is 0 Å². The summed E-state index contributed by atoms with van der Waals surface area (Å²) < 4.78 is 0. The molecule has 29 heavy (non-hydrogen) atoms. The second kappa shape index (κ2) is 8.17. The first kappa shape index (κ1) is 19.3. The SMILES string of the molecule is CNC(=O)[C@]1(Cc2ccc(-c3ccsc3)cc2)CCN(C(=O)c2ccccn2)C1. The van der Waals surface area contributed by atoms with Crippen molar-refractivity contribution in [3.8, 4) is 11.1 Å². The van der Waals surface area contributed by atoms with Gasteiger partial charge in [0.15, 0.2) is 0 Å². The smallest absolute Gasteiger partial charge is 0.272 e. The van der Waals surface area contributed by atoms with Gasteiger partial charge in [-0.2, -0.15) is 11.3 Å². The zero-order chi connectivity index (χ0) is 20.3. The molecule has 1 fully saturated rings. The predicted octanol–water partition coefficient (Wildman–Crippen LogP) is 3.63. The highest BCUT2D eigenvalue weighted by molar-refractivity contribution is 7.08. The lowest BCUT2D eigenvalue weighted by atomic mass is 9.79. The molecule has 4 rings (SSSR count). The van der Waals surface area contributed by atoms with E-state index in [0.717, 1.165) is 5.56 Å². The van der Waals surface area contributed by atoms with Crippen molar-refractivity contribution in [3.05, 3.63) is 76.7 Å². The van der Waals surface area contributed by atoms with Gasteiger partial charge in [0.05, 0.1) is 5.41 Å². The number of nitrogens with zero attached hydrogens (tertiary/aromatic N) is 2. The van der Waals surface area contributed by atoms with Crippen LogP contribution < -0.4 is 5.32 Å². The first-order chi connectivity index (χ1) is 14.1. The number of hydrogen-bond acceptors (Lipinski definition) is 4. The summed E-state index contributed by atoms with van der Waals surface area (Å²) in [5.74, 6) is -0.139. The number of nitrogens with one attached hydrogen (secondary N) is 1. The Balaban J connectivity index is 1.54. The standard InChI is InChI=1S/C23H23N3O2S/c1-24-22(28)23(10-12-26(16-23)21(27)20-4-2-3-11-25-20)14-17-5-7-18(8-6-17)19-9-13-29-15-19/h2-9,11,13,15H,10,12,14,16H2,1H3,(H,24,28)/t23-/m0/s1. The van der Waals surface area contributed by atoms with Crippen molar-refractivity contribution in [1.82, 2.24) is 15.2 Å². The average Bonchev–Trinajstić information content (AvgIpc) is 3.45. The quantitative estimate of drug-likeness (QED) is 0.705. The first-order valence-electron chi connectivity index (χ1n) is 9.65. The van der Waals surface area contributed by atoms with Crippen molar-refractivity contribution in [2.24, 2.45) is 5.41 Å². The number of likely N-dealkylation sites (tertiary alicyclic amines) is 1. The van der Waals surface area contributed by atoms with Crippen LogP contribution in [-0.2, 0) is 11.2 Å². The molecule has 3 aromatic rings. The lowest BCUT2D eigenvalue weighted by Crippen LogP contribution is -2.44. The molecule has 1 aliphatic heterocycles. The topological polar surface area (TPSA) is 62.3 Å². The van der Waals surface area contributed by atoms with Gasteiger partial charge in [-0.15, -0.1) is 0 Å². The van der Waals surface area contributed by atoms with Crippen LogP contribution in [0, 0.1) is 5.41 Å². The second-order valence-corrected chi connectivity index (χ2v) is 8.22. The zero-order valence-corrected chi connectivity index (χ0v) is 17.1. The van der Waals surface area contributed by atoms with Gasteiger partial charge in [0.25, 0.3) is 5.91 Å². The predicted molar refractivity (Wildman–Crippen MR) is 115 cm³/mol. The lowest BCUT2D eigenvalue weighted by molar-refractivity contribution is -0.129. The molecule has 1 saturated heterocycles. The molecular weight excluding hydrogens is 382 g/mol. The molecule has 0 spiro atoms. The average molecular weight is 406 g/mol. The molecule has 148 valence electrons. The number of pyridine rings is 1. The number of rotatable bonds is 5. The Hall–Kier alpha value is -2.99. The minimum absolute atomic E-state index is 0.0178. The van der Waals surface area contributed by atoms with Crippen LogP contribution in [0.1, 0.15) is 22.5 Å². The molecule has 0 unspecified atom stereocenters. The Morgan fingerprint density at radius 1 is 1.14 bits per heavy atom. The van der Waals surface area contributed by atoms with Gasteiger partial charge in [-0.3, -0.25) is 14.6 Å². The van der Waals surface area contributed by atoms with E-state index >= 15 is 0 Å². The maximum atomic E-state index is 12.8. The molecule has 0 bridgehead atoms. The van der Waals surface area contributed by atoms with Gasteiger partial charge >= 0.3 is 0 Å². The second-order valence-electron chi connectivity index (χ2n) is 7.44. The fourth-order valence-corrected chi connectivity index (χ4v) is 4.67. The van der Waals surface area contributed by atoms with E-state index in [2.05, 4.69) is 51.4 Å². The molecule has 3 heterocycles. The Kier molecular flexibility index (Phi) is 5.45. The summed E-state index contributed by atoms with van der Waals surface area (Å²) in [6.45, 7) is 0.949. The third-order valence-electron chi connectivity index (χ3n) is 5.58. The van der Waals surface area contributed by atoms with Crippen LogP contribution in [0.3, 0.4) is 0 Å². The van der Waals surface area contributed by atoms with Crippen molar-refractivity contribution >= 4 is 23.2 Å².